The number of aliphatic hydroxyl groups is 1. The summed E-state index contributed by atoms with van der Waals surface area (Å²) in [5.41, 5.74) is 0. The lowest BCUT2D eigenvalue weighted by Crippen LogP contribution is -2.13. The van der Waals surface area contributed by atoms with E-state index in [1.807, 2.05) is 0 Å². The molecule has 0 aromatic carbocycles. The molecule has 3 N–H and O–H groups in total. The largest absolute Gasteiger partial charge is 0.394 e. The Hall–Kier alpha value is -0.370. The summed E-state index contributed by atoms with van der Waals surface area (Å²) in [5.74, 6) is 0. The Bertz CT molecular complexity index is 350. The molecule has 0 heterocycles. The zero-order valence-corrected chi connectivity index (χ0v) is 17.7. The molecule has 0 aliphatic carbocycles. The molecule has 10 nitrogen and oxygen atoms in total. The van der Waals surface area contributed by atoms with Crippen LogP contribution in [0.5, 0.6) is 0 Å². The summed E-state index contributed by atoms with van der Waals surface area (Å²) in [4.78, 5) is 0. The number of hydrogen-bond donors (Lipinski definition) is 3. The van der Waals surface area contributed by atoms with Gasteiger partial charge in [-0.3, -0.25) is 9.11 Å². The van der Waals surface area contributed by atoms with Crippen LogP contribution in [0, 0.1) is 0 Å². The van der Waals surface area contributed by atoms with Gasteiger partial charge in [0.2, 0.25) is 0 Å². The number of aliphatic hydroxyl groups excluding tert-OH is 1. The van der Waals surface area contributed by atoms with Gasteiger partial charge < -0.3 is 28.8 Å². The van der Waals surface area contributed by atoms with Crippen LogP contribution in [-0.4, -0.2) is 95.3 Å². The second-order valence-corrected chi connectivity index (χ2v) is 6.54. The lowest BCUT2D eigenvalue weighted by molar-refractivity contribution is -0.0134. The monoisotopic (exact) mass is 434 g/mol. The summed E-state index contributed by atoms with van der Waals surface area (Å²) in [5, 5.41) is 8.50. The third-order valence-corrected chi connectivity index (χ3v) is 3.12. The number of ether oxygens (including phenoxy) is 5. The van der Waals surface area contributed by atoms with Crippen molar-refractivity contribution in [3.05, 3.63) is 0 Å². The van der Waals surface area contributed by atoms with Gasteiger partial charge in [-0.15, -0.1) is 0 Å². The molecule has 0 radical (unpaired) electrons. The summed E-state index contributed by atoms with van der Waals surface area (Å²) in [6, 6.07) is 0. The van der Waals surface area contributed by atoms with Crippen LogP contribution in [0.15, 0.2) is 0 Å². The van der Waals surface area contributed by atoms with Crippen molar-refractivity contribution < 1.29 is 46.3 Å². The van der Waals surface area contributed by atoms with Crippen molar-refractivity contribution in [2.75, 3.05) is 72.7 Å². The molecule has 0 fully saturated rings. The lowest BCUT2D eigenvalue weighted by Gasteiger charge is -2.07. The lowest BCUT2D eigenvalue weighted by atomic mass is 10.2. The maximum absolute atomic E-state index is 8.74. The molecule has 0 aliphatic heterocycles. The molecular weight excluding hydrogens is 396 g/mol. The quantitative estimate of drug-likeness (QED) is 0.190. The van der Waals surface area contributed by atoms with Crippen molar-refractivity contribution >= 4 is 10.4 Å². The Balaban J connectivity index is 0. The van der Waals surface area contributed by atoms with E-state index in [4.69, 9.17) is 46.3 Å². The van der Waals surface area contributed by atoms with Crippen LogP contribution in [0.2, 0.25) is 0 Å². The van der Waals surface area contributed by atoms with Crippen molar-refractivity contribution in [2.45, 2.75) is 39.0 Å². The van der Waals surface area contributed by atoms with Gasteiger partial charge in [0.1, 0.15) is 0 Å². The van der Waals surface area contributed by atoms with Gasteiger partial charge in [0.25, 0.3) is 0 Å². The first kappa shape index (κ1) is 29.8. The predicted octanol–water partition coefficient (Wildman–Crippen LogP) is 1.38. The Kier molecular flexibility index (Phi) is 26.3. The molecule has 172 valence electrons. The Morgan fingerprint density at radius 2 is 0.893 bits per heavy atom. The summed E-state index contributed by atoms with van der Waals surface area (Å²) in [7, 11) is -4.67. The molecule has 0 spiro atoms. The van der Waals surface area contributed by atoms with Gasteiger partial charge in [-0.05, 0) is 6.42 Å². The van der Waals surface area contributed by atoms with E-state index in [1.165, 1.54) is 25.7 Å². The average Bonchev–Trinajstić information content (AvgIpc) is 2.62. The second-order valence-electron chi connectivity index (χ2n) is 5.65. The molecule has 11 heteroatoms. The molecule has 0 aromatic rings. The zero-order valence-electron chi connectivity index (χ0n) is 16.9. The van der Waals surface area contributed by atoms with E-state index >= 15 is 0 Å². The minimum Gasteiger partial charge on any atom is -0.394 e. The Morgan fingerprint density at radius 1 is 0.571 bits per heavy atom. The highest BCUT2D eigenvalue weighted by molar-refractivity contribution is 7.79. The van der Waals surface area contributed by atoms with Crippen molar-refractivity contribution in [1.29, 1.82) is 0 Å². The van der Waals surface area contributed by atoms with E-state index in [2.05, 4.69) is 6.92 Å². The molecule has 0 aliphatic rings. The number of hydrogen-bond acceptors (Lipinski definition) is 8. The minimum atomic E-state index is -4.67. The van der Waals surface area contributed by atoms with Gasteiger partial charge in [0, 0.05) is 6.61 Å². The van der Waals surface area contributed by atoms with Crippen molar-refractivity contribution in [3.8, 4) is 0 Å². The molecule has 0 amide bonds. The highest BCUT2D eigenvalue weighted by Gasteiger charge is 1.94. The van der Waals surface area contributed by atoms with Crippen LogP contribution < -0.4 is 0 Å². The van der Waals surface area contributed by atoms with E-state index in [9.17, 15) is 0 Å². The van der Waals surface area contributed by atoms with E-state index in [0.29, 0.717) is 59.5 Å². The van der Waals surface area contributed by atoms with E-state index in [-0.39, 0.29) is 6.61 Å². The third-order valence-electron chi connectivity index (χ3n) is 3.12. The van der Waals surface area contributed by atoms with Gasteiger partial charge in [-0.25, -0.2) is 0 Å². The molecular formula is C17H38O10S. The summed E-state index contributed by atoms with van der Waals surface area (Å²) >= 11 is 0. The van der Waals surface area contributed by atoms with Gasteiger partial charge in [-0.2, -0.15) is 8.42 Å². The van der Waals surface area contributed by atoms with Gasteiger partial charge in [0.15, 0.2) is 0 Å². The fraction of sp³-hybridized carbons (Fsp3) is 1.00. The molecule has 0 aromatic heterocycles. The van der Waals surface area contributed by atoms with Crippen LogP contribution in [0.1, 0.15) is 39.0 Å². The zero-order chi connectivity index (χ0) is 21.3. The first-order chi connectivity index (χ1) is 13.4. The van der Waals surface area contributed by atoms with Crippen LogP contribution in [0.3, 0.4) is 0 Å². The van der Waals surface area contributed by atoms with Gasteiger partial charge >= 0.3 is 10.4 Å². The number of rotatable bonds is 20. The highest BCUT2D eigenvalue weighted by atomic mass is 32.3. The topological polar surface area (TPSA) is 141 Å². The van der Waals surface area contributed by atoms with Crippen LogP contribution in [0.4, 0.5) is 0 Å². The van der Waals surface area contributed by atoms with E-state index < -0.39 is 10.4 Å². The average molecular weight is 435 g/mol. The fourth-order valence-corrected chi connectivity index (χ4v) is 1.85. The maximum Gasteiger partial charge on any atom is 0.394 e. The second kappa shape index (κ2) is 24.7. The predicted molar refractivity (Wildman–Crippen MR) is 104 cm³/mol. The number of unbranched alkanes of at least 4 members (excludes halogenated alkanes) is 4. The molecule has 0 unspecified atom stereocenters. The molecule has 28 heavy (non-hydrogen) atoms. The molecule has 0 atom stereocenters. The standard InChI is InChI=1S/C17H36O6.H2O4S/c1-2-3-4-5-6-8-19-10-12-21-14-16-23-17-15-22-13-11-20-9-7-18;1-5(2,3)4/h18H,2-17H2,1H3;(H2,1,2,3,4). The fourth-order valence-electron chi connectivity index (χ4n) is 1.85. The van der Waals surface area contributed by atoms with Crippen molar-refractivity contribution in [2.24, 2.45) is 0 Å². The van der Waals surface area contributed by atoms with Crippen molar-refractivity contribution in [1.82, 2.24) is 0 Å². The van der Waals surface area contributed by atoms with Crippen LogP contribution in [0.25, 0.3) is 0 Å². The van der Waals surface area contributed by atoms with Crippen molar-refractivity contribution in [3.63, 3.8) is 0 Å². The van der Waals surface area contributed by atoms with Gasteiger partial charge in [-0.1, -0.05) is 32.6 Å². The molecule has 0 rings (SSSR count). The van der Waals surface area contributed by atoms with E-state index in [1.54, 1.807) is 0 Å². The Morgan fingerprint density at radius 3 is 1.25 bits per heavy atom. The molecule has 0 bridgehead atoms. The molecule has 0 saturated carbocycles. The Labute approximate surface area is 169 Å². The molecule has 0 saturated heterocycles. The maximum atomic E-state index is 8.74. The smallest absolute Gasteiger partial charge is 0.394 e. The first-order valence-electron chi connectivity index (χ1n) is 9.61. The normalized spacial score (nSPS) is 11.3. The minimum absolute atomic E-state index is 0.0487. The highest BCUT2D eigenvalue weighted by Crippen LogP contribution is 2.02. The third kappa shape index (κ3) is 40.3. The summed E-state index contributed by atoms with van der Waals surface area (Å²) in [6.07, 6.45) is 6.33. The SMILES string of the molecule is CCCCCCCOCCOCCOCCOCCOCCO.O=S(=O)(O)O. The van der Waals surface area contributed by atoms with Crippen LogP contribution in [-0.2, 0) is 34.1 Å². The first-order valence-corrected chi connectivity index (χ1v) is 11.0. The van der Waals surface area contributed by atoms with Gasteiger partial charge in [0.05, 0.1) is 66.1 Å². The van der Waals surface area contributed by atoms with E-state index in [0.717, 1.165) is 13.0 Å². The summed E-state index contributed by atoms with van der Waals surface area (Å²) < 4.78 is 58.2. The summed E-state index contributed by atoms with van der Waals surface area (Å²) in [6.45, 7) is 8.03. The van der Waals surface area contributed by atoms with Crippen LogP contribution >= 0.6 is 0 Å².